The van der Waals surface area contributed by atoms with Crippen molar-refractivity contribution in [3.63, 3.8) is 0 Å². The van der Waals surface area contributed by atoms with Crippen LogP contribution in [-0.4, -0.2) is 23.8 Å². The maximum atomic E-state index is 14.2. The third-order valence-electron chi connectivity index (χ3n) is 4.62. The summed E-state index contributed by atoms with van der Waals surface area (Å²) >= 11 is 2.82. The van der Waals surface area contributed by atoms with Gasteiger partial charge in [-0.05, 0) is 60.4 Å². The zero-order valence-electron chi connectivity index (χ0n) is 17.7. The molecule has 0 aliphatic rings. The van der Waals surface area contributed by atoms with Gasteiger partial charge < -0.3 is 4.74 Å². The summed E-state index contributed by atoms with van der Waals surface area (Å²) in [5.41, 5.74) is 2.06. The van der Waals surface area contributed by atoms with Gasteiger partial charge in [0.05, 0.1) is 11.9 Å². The number of ether oxygens (including phenoxy) is 1. The second kappa shape index (κ2) is 10.7. The number of thioether (sulfide) groups is 1. The van der Waals surface area contributed by atoms with E-state index < -0.39 is 18.2 Å². The Labute approximate surface area is 200 Å². The van der Waals surface area contributed by atoms with Crippen molar-refractivity contribution >= 4 is 35.0 Å². The average molecular weight is 504 g/mol. The predicted molar refractivity (Wildman–Crippen MR) is 127 cm³/mol. The van der Waals surface area contributed by atoms with Crippen LogP contribution >= 0.6 is 23.1 Å². The quantitative estimate of drug-likeness (QED) is 0.156. The molecule has 0 saturated heterocycles. The molecule has 0 spiro atoms. The van der Waals surface area contributed by atoms with Crippen molar-refractivity contribution in [2.45, 2.75) is 11.5 Å². The smallest absolute Gasteiger partial charge is 0.387 e. The fourth-order valence-electron chi connectivity index (χ4n) is 2.98. The van der Waals surface area contributed by atoms with Gasteiger partial charge in [-0.25, -0.2) is 18.4 Å². The number of thiazole rings is 1. The fourth-order valence-corrected chi connectivity index (χ4v) is 4.24. The highest BCUT2D eigenvalue weighted by Crippen LogP contribution is 2.25. The minimum atomic E-state index is -2.92. The molecule has 4 rings (SSSR count). The molecule has 3 aromatic carbocycles. The Morgan fingerprint density at radius 3 is 2.38 bits per heavy atom. The maximum Gasteiger partial charge on any atom is 0.387 e. The third kappa shape index (κ3) is 5.75. The summed E-state index contributed by atoms with van der Waals surface area (Å²) in [5.74, 6) is -1.48. The Morgan fingerprint density at radius 1 is 1.00 bits per heavy atom. The van der Waals surface area contributed by atoms with Gasteiger partial charge >= 0.3 is 6.61 Å². The van der Waals surface area contributed by atoms with Crippen molar-refractivity contribution in [1.29, 1.82) is 0 Å². The second-order valence-electron chi connectivity index (χ2n) is 6.84. The monoisotopic (exact) mass is 503 g/mol. The molecule has 1 aromatic heterocycles. The first kappa shape index (κ1) is 23.8. The summed E-state index contributed by atoms with van der Waals surface area (Å²) in [6, 6.07) is 16.9. The van der Waals surface area contributed by atoms with Gasteiger partial charge in [-0.2, -0.15) is 13.9 Å². The molecule has 0 aliphatic heterocycles. The normalized spacial score (nSPS) is 12.1. The number of hydrogen-bond acceptors (Lipinski definition) is 5. The van der Waals surface area contributed by atoms with Crippen LogP contribution in [0.1, 0.15) is 5.56 Å². The summed E-state index contributed by atoms with van der Waals surface area (Å²) in [7, 11) is 0. The van der Waals surface area contributed by atoms with E-state index in [2.05, 4.69) is 14.8 Å². The molecule has 0 fully saturated rings. The minimum absolute atomic E-state index is 0.0243. The number of nitrogens with zero attached hydrogens (tertiary/aromatic N) is 3. The van der Waals surface area contributed by atoms with Crippen LogP contribution in [0.4, 0.5) is 23.2 Å². The highest BCUT2D eigenvalue weighted by Gasteiger charge is 2.11. The van der Waals surface area contributed by atoms with E-state index in [1.165, 1.54) is 34.2 Å². The Morgan fingerprint density at radius 2 is 1.74 bits per heavy atom. The SMILES string of the molecule is CSc1ccc(C=Nn2c(-c3ccc(OC(F)F)cc3)csc2=Nc2ccc(F)cc2F)cc1. The fraction of sp³-hybridized carbons (Fsp3) is 0.0833. The average Bonchev–Trinajstić information content (AvgIpc) is 3.22. The molecule has 0 unspecified atom stereocenters. The van der Waals surface area contributed by atoms with Crippen LogP contribution in [0, 0.1) is 11.6 Å². The van der Waals surface area contributed by atoms with E-state index in [1.807, 2.05) is 30.5 Å². The zero-order chi connectivity index (χ0) is 24.1. The first-order valence-corrected chi connectivity index (χ1v) is 12.0. The van der Waals surface area contributed by atoms with Crippen LogP contribution in [0.15, 0.2) is 87.1 Å². The molecule has 34 heavy (non-hydrogen) atoms. The highest BCUT2D eigenvalue weighted by atomic mass is 32.2. The summed E-state index contributed by atoms with van der Waals surface area (Å²) in [6.07, 6.45) is 3.62. The summed E-state index contributed by atoms with van der Waals surface area (Å²) in [5, 5.41) is 6.30. The first-order chi connectivity index (χ1) is 16.4. The molecular formula is C24H17F4N3OS2. The van der Waals surface area contributed by atoms with Gasteiger partial charge in [0.1, 0.15) is 17.3 Å². The molecule has 0 bridgehead atoms. The van der Waals surface area contributed by atoms with Gasteiger partial charge in [-0.15, -0.1) is 23.1 Å². The number of halogens is 4. The maximum absolute atomic E-state index is 14.2. The van der Waals surface area contributed by atoms with Crippen molar-refractivity contribution < 1.29 is 22.3 Å². The van der Waals surface area contributed by atoms with Gasteiger partial charge in [-0.3, -0.25) is 0 Å². The van der Waals surface area contributed by atoms with Crippen LogP contribution in [0.2, 0.25) is 0 Å². The lowest BCUT2D eigenvalue weighted by Gasteiger charge is -2.07. The van der Waals surface area contributed by atoms with Gasteiger partial charge in [0.15, 0.2) is 5.82 Å². The van der Waals surface area contributed by atoms with Gasteiger partial charge in [0.25, 0.3) is 0 Å². The zero-order valence-corrected chi connectivity index (χ0v) is 19.3. The number of hydrogen-bond donors (Lipinski definition) is 0. The summed E-state index contributed by atoms with van der Waals surface area (Å²) in [4.78, 5) is 5.77. The van der Waals surface area contributed by atoms with Crippen LogP contribution < -0.4 is 9.54 Å². The largest absolute Gasteiger partial charge is 0.435 e. The standard InChI is InChI=1S/C24H17F4N3OS2/c1-33-19-9-2-15(3-10-19)13-29-31-22(16-4-7-18(8-5-16)32-23(27)28)14-34-24(31)30-21-11-6-17(25)12-20(21)26/h2-14,23H,1H3. The van der Waals surface area contributed by atoms with Gasteiger partial charge in [0, 0.05) is 21.9 Å². The third-order valence-corrected chi connectivity index (χ3v) is 6.18. The van der Waals surface area contributed by atoms with Crippen molar-refractivity contribution in [1.82, 2.24) is 4.68 Å². The molecule has 0 atom stereocenters. The second-order valence-corrected chi connectivity index (χ2v) is 8.56. The van der Waals surface area contributed by atoms with Crippen LogP contribution in [0.5, 0.6) is 5.75 Å². The van der Waals surface area contributed by atoms with E-state index in [-0.39, 0.29) is 11.4 Å². The van der Waals surface area contributed by atoms with Crippen LogP contribution in [0.3, 0.4) is 0 Å². The Kier molecular flexibility index (Phi) is 7.49. The van der Waals surface area contributed by atoms with Gasteiger partial charge in [-0.1, -0.05) is 12.1 Å². The topological polar surface area (TPSA) is 38.9 Å². The molecule has 0 amide bonds. The van der Waals surface area contributed by atoms with E-state index in [0.717, 1.165) is 22.6 Å². The summed E-state index contributed by atoms with van der Waals surface area (Å²) < 4.78 is 58.4. The van der Waals surface area contributed by atoms with Gasteiger partial charge in [0.2, 0.25) is 4.80 Å². The van der Waals surface area contributed by atoms with E-state index in [0.29, 0.717) is 16.1 Å². The molecule has 174 valence electrons. The Bertz CT molecular complexity index is 1360. The van der Waals surface area contributed by atoms with Crippen molar-refractivity contribution in [3.8, 4) is 17.0 Å². The van der Waals surface area contributed by atoms with Crippen LogP contribution in [-0.2, 0) is 0 Å². The van der Waals surface area contributed by atoms with Crippen molar-refractivity contribution in [2.24, 2.45) is 10.1 Å². The van der Waals surface area contributed by atoms with E-state index in [1.54, 1.807) is 35.5 Å². The van der Waals surface area contributed by atoms with Crippen molar-refractivity contribution in [2.75, 3.05) is 6.26 Å². The predicted octanol–water partition coefficient (Wildman–Crippen LogP) is 6.93. The van der Waals surface area contributed by atoms with E-state index in [9.17, 15) is 17.6 Å². The molecular weight excluding hydrogens is 486 g/mol. The lowest BCUT2D eigenvalue weighted by molar-refractivity contribution is -0.0498. The minimum Gasteiger partial charge on any atom is -0.435 e. The molecule has 4 nitrogen and oxygen atoms in total. The Hall–Kier alpha value is -3.37. The van der Waals surface area contributed by atoms with E-state index >= 15 is 0 Å². The lowest BCUT2D eigenvalue weighted by atomic mass is 10.2. The highest BCUT2D eigenvalue weighted by molar-refractivity contribution is 7.98. The van der Waals surface area contributed by atoms with Crippen LogP contribution in [0.25, 0.3) is 11.3 Å². The molecule has 0 radical (unpaired) electrons. The molecule has 0 N–H and O–H groups in total. The number of alkyl halides is 2. The van der Waals surface area contributed by atoms with Crippen molar-refractivity contribution in [3.05, 3.63) is 94.1 Å². The summed E-state index contributed by atoms with van der Waals surface area (Å²) in [6.45, 7) is -2.92. The molecule has 10 heteroatoms. The first-order valence-electron chi connectivity index (χ1n) is 9.87. The molecule has 1 heterocycles. The Balaban J connectivity index is 1.78. The molecule has 4 aromatic rings. The molecule has 0 saturated carbocycles. The molecule has 0 aliphatic carbocycles. The lowest BCUT2D eigenvalue weighted by Crippen LogP contribution is -2.11. The number of rotatable bonds is 7. The van der Waals surface area contributed by atoms with E-state index in [4.69, 9.17) is 0 Å². The number of benzene rings is 3. The number of aromatic nitrogens is 1.